The highest BCUT2D eigenvalue weighted by atomic mass is 32.1. The van der Waals surface area contributed by atoms with Crippen LogP contribution in [0.4, 0.5) is 5.82 Å². The van der Waals surface area contributed by atoms with Crippen LogP contribution in [0, 0.1) is 6.92 Å². The molecule has 3 aromatic heterocycles. The van der Waals surface area contributed by atoms with Crippen LogP contribution >= 0.6 is 11.3 Å². The standard InChI is InChI=1S/C19H17N5O2S/c1-12-10-27-18-16(12)17(22-19(23-18)24-5-4-20-11-24)21-9-13-2-3-14-15(8-13)26-7-6-25-14/h2-5,8,10-11H,6-7,9H2,1H3,(H,21,22,23). The van der Waals surface area contributed by atoms with Crippen LogP contribution < -0.4 is 14.8 Å². The van der Waals surface area contributed by atoms with Crippen molar-refractivity contribution in [3.8, 4) is 17.4 Å². The summed E-state index contributed by atoms with van der Waals surface area (Å²) in [6, 6.07) is 6.00. The Hall–Kier alpha value is -3.13. The predicted octanol–water partition coefficient (Wildman–Crippen LogP) is 3.57. The molecule has 0 spiro atoms. The number of thiophene rings is 1. The van der Waals surface area contributed by atoms with Crippen molar-refractivity contribution in [1.82, 2.24) is 19.5 Å². The Labute approximate surface area is 159 Å². The molecule has 136 valence electrons. The fraction of sp³-hybridized carbons (Fsp3) is 0.211. The number of imidazole rings is 1. The molecule has 4 aromatic rings. The molecule has 7 nitrogen and oxygen atoms in total. The van der Waals surface area contributed by atoms with E-state index in [4.69, 9.17) is 14.5 Å². The van der Waals surface area contributed by atoms with Gasteiger partial charge in [0.15, 0.2) is 11.5 Å². The third-order valence-corrected chi connectivity index (χ3v) is 5.40. The van der Waals surface area contributed by atoms with Crippen LogP contribution in [0.15, 0.2) is 42.3 Å². The molecule has 0 aliphatic carbocycles. The average Bonchev–Trinajstić information content (AvgIpc) is 3.36. The highest BCUT2D eigenvalue weighted by molar-refractivity contribution is 7.17. The Morgan fingerprint density at radius 1 is 1.19 bits per heavy atom. The first-order valence-corrected chi connectivity index (χ1v) is 9.52. The highest BCUT2D eigenvalue weighted by Crippen LogP contribution is 2.32. The Morgan fingerprint density at radius 3 is 2.93 bits per heavy atom. The summed E-state index contributed by atoms with van der Waals surface area (Å²) in [6.07, 6.45) is 5.26. The Bertz CT molecular complexity index is 1110. The van der Waals surface area contributed by atoms with Gasteiger partial charge in [0.25, 0.3) is 0 Å². The zero-order valence-electron chi connectivity index (χ0n) is 14.7. The number of benzene rings is 1. The van der Waals surface area contributed by atoms with Gasteiger partial charge in [-0.25, -0.2) is 9.97 Å². The third kappa shape index (κ3) is 2.97. The lowest BCUT2D eigenvalue weighted by Gasteiger charge is -2.19. The molecule has 1 aliphatic heterocycles. The van der Waals surface area contributed by atoms with Crippen molar-refractivity contribution in [1.29, 1.82) is 0 Å². The monoisotopic (exact) mass is 379 g/mol. The Kier molecular flexibility index (Phi) is 3.90. The van der Waals surface area contributed by atoms with E-state index >= 15 is 0 Å². The molecule has 4 heterocycles. The lowest BCUT2D eigenvalue weighted by Crippen LogP contribution is -2.15. The zero-order valence-corrected chi connectivity index (χ0v) is 15.5. The van der Waals surface area contributed by atoms with E-state index in [1.54, 1.807) is 23.9 Å². The van der Waals surface area contributed by atoms with Crippen molar-refractivity contribution in [2.24, 2.45) is 0 Å². The number of ether oxygens (including phenoxy) is 2. The summed E-state index contributed by atoms with van der Waals surface area (Å²) in [5.74, 6) is 3.01. The van der Waals surface area contributed by atoms with Crippen LogP contribution in [0.5, 0.6) is 11.5 Å². The molecule has 1 aromatic carbocycles. The molecule has 0 fully saturated rings. The molecule has 5 rings (SSSR count). The molecule has 0 bridgehead atoms. The molecule has 27 heavy (non-hydrogen) atoms. The highest BCUT2D eigenvalue weighted by Gasteiger charge is 2.15. The number of hydrogen-bond donors (Lipinski definition) is 1. The maximum Gasteiger partial charge on any atom is 0.238 e. The summed E-state index contributed by atoms with van der Waals surface area (Å²) in [5, 5.41) is 6.63. The summed E-state index contributed by atoms with van der Waals surface area (Å²) in [6.45, 7) is 3.88. The second kappa shape index (κ2) is 6.55. The zero-order chi connectivity index (χ0) is 18.2. The SMILES string of the molecule is Cc1csc2nc(-n3ccnc3)nc(NCc3ccc4c(c3)OCCO4)c12. The number of aryl methyl sites for hydroxylation is 1. The van der Waals surface area contributed by atoms with Gasteiger partial charge in [-0.3, -0.25) is 4.57 Å². The number of rotatable bonds is 4. The minimum Gasteiger partial charge on any atom is -0.486 e. The van der Waals surface area contributed by atoms with Crippen molar-refractivity contribution < 1.29 is 9.47 Å². The van der Waals surface area contributed by atoms with E-state index in [0.717, 1.165) is 38.7 Å². The number of fused-ring (bicyclic) bond motifs is 2. The maximum absolute atomic E-state index is 5.67. The quantitative estimate of drug-likeness (QED) is 0.584. The van der Waals surface area contributed by atoms with E-state index < -0.39 is 0 Å². The summed E-state index contributed by atoms with van der Waals surface area (Å²) in [7, 11) is 0. The molecule has 0 radical (unpaired) electrons. The summed E-state index contributed by atoms with van der Waals surface area (Å²) >= 11 is 1.62. The second-order valence-corrected chi connectivity index (χ2v) is 7.13. The summed E-state index contributed by atoms with van der Waals surface area (Å²) < 4.78 is 13.1. The van der Waals surface area contributed by atoms with Crippen molar-refractivity contribution >= 4 is 27.4 Å². The molecule has 0 unspecified atom stereocenters. The Morgan fingerprint density at radius 2 is 2.07 bits per heavy atom. The predicted molar refractivity (Wildman–Crippen MR) is 104 cm³/mol. The van der Waals surface area contributed by atoms with Crippen LogP contribution in [0.3, 0.4) is 0 Å². The lowest BCUT2D eigenvalue weighted by atomic mass is 10.2. The maximum atomic E-state index is 5.67. The van der Waals surface area contributed by atoms with Crippen molar-refractivity contribution in [2.75, 3.05) is 18.5 Å². The Balaban J connectivity index is 1.48. The molecular formula is C19H17N5O2S. The topological polar surface area (TPSA) is 74.1 Å². The van der Waals surface area contributed by atoms with E-state index in [-0.39, 0.29) is 0 Å². The second-order valence-electron chi connectivity index (χ2n) is 6.27. The van der Waals surface area contributed by atoms with Crippen LogP contribution in [-0.4, -0.2) is 32.7 Å². The van der Waals surface area contributed by atoms with Crippen LogP contribution in [0.25, 0.3) is 16.2 Å². The molecule has 0 saturated carbocycles. The molecule has 0 saturated heterocycles. The average molecular weight is 379 g/mol. The fourth-order valence-electron chi connectivity index (χ4n) is 3.08. The number of hydrogen-bond acceptors (Lipinski definition) is 7. The van der Waals surface area contributed by atoms with Gasteiger partial charge in [0.05, 0.1) is 5.39 Å². The van der Waals surface area contributed by atoms with E-state index in [0.29, 0.717) is 25.7 Å². The van der Waals surface area contributed by atoms with Crippen molar-refractivity contribution in [3.05, 3.63) is 53.4 Å². The van der Waals surface area contributed by atoms with Gasteiger partial charge in [0.1, 0.15) is 30.2 Å². The molecule has 0 atom stereocenters. The van der Waals surface area contributed by atoms with Gasteiger partial charge in [0.2, 0.25) is 5.95 Å². The van der Waals surface area contributed by atoms with Gasteiger partial charge in [0, 0.05) is 18.9 Å². The number of anilines is 1. The first kappa shape index (κ1) is 16.1. The van der Waals surface area contributed by atoms with Gasteiger partial charge < -0.3 is 14.8 Å². The van der Waals surface area contributed by atoms with Gasteiger partial charge in [-0.1, -0.05) is 6.07 Å². The molecular weight excluding hydrogens is 362 g/mol. The van der Waals surface area contributed by atoms with Crippen LogP contribution in [0.2, 0.25) is 0 Å². The summed E-state index contributed by atoms with van der Waals surface area (Å²) in [5.41, 5.74) is 2.26. The molecule has 1 aliphatic rings. The van der Waals surface area contributed by atoms with Gasteiger partial charge in [-0.2, -0.15) is 4.98 Å². The number of nitrogens with one attached hydrogen (secondary N) is 1. The minimum atomic E-state index is 0.582. The van der Waals surface area contributed by atoms with E-state index in [1.165, 1.54) is 0 Å². The van der Waals surface area contributed by atoms with E-state index in [1.807, 2.05) is 29.0 Å². The number of aromatic nitrogens is 4. The summed E-state index contributed by atoms with van der Waals surface area (Å²) in [4.78, 5) is 14.4. The smallest absolute Gasteiger partial charge is 0.238 e. The van der Waals surface area contributed by atoms with Gasteiger partial charge >= 0.3 is 0 Å². The normalized spacial score (nSPS) is 13.1. The molecule has 8 heteroatoms. The van der Waals surface area contributed by atoms with Crippen molar-refractivity contribution in [2.45, 2.75) is 13.5 Å². The first-order chi connectivity index (χ1) is 13.3. The largest absolute Gasteiger partial charge is 0.486 e. The first-order valence-electron chi connectivity index (χ1n) is 8.64. The fourth-order valence-corrected chi connectivity index (χ4v) is 3.99. The third-order valence-electron chi connectivity index (χ3n) is 4.41. The minimum absolute atomic E-state index is 0.582. The number of nitrogens with zero attached hydrogens (tertiary/aromatic N) is 4. The molecule has 0 amide bonds. The van der Waals surface area contributed by atoms with Crippen molar-refractivity contribution in [3.63, 3.8) is 0 Å². The van der Waals surface area contributed by atoms with Crippen LogP contribution in [-0.2, 0) is 6.54 Å². The van der Waals surface area contributed by atoms with Crippen LogP contribution in [0.1, 0.15) is 11.1 Å². The van der Waals surface area contributed by atoms with E-state index in [2.05, 4.69) is 27.6 Å². The molecule has 1 N–H and O–H groups in total. The lowest BCUT2D eigenvalue weighted by molar-refractivity contribution is 0.171. The van der Waals surface area contributed by atoms with E-state index in [9.17, 15) is 0 Å². The van der Waals surface area contributed by atoms with Gasteiger partial charge in [-0.15, -0.1) is 11.3 Å². The van der Waals surface area contributed by atoms with Gasteiger partial charge in [-0.05, 0) is 35.6 Å².